The Kier molecular flexibility index (Phi) is 3.43. The Bertz CT molecular complexity index is 525. The zero-order valence-electron chi connectivity index (χ0n) is 8.76. The van der Waals surface area contributed by atoms with Crippen LogP contribution >= 0.6 is 11.3 Å². The van der Waals surface area contributed by atoms with Crippen LogP contribution in [0.4, 0.5) is 4.39 Å². The molecule has 0 aliphatic heterocycles. The van der Waals surface area contributed by atoms with Gasteiger partial charge in [0.05, 0.1) is 6.42 Å². The summed E-state index contributed by atoms with van der Waals surface area (Å²) < 4.78 is 12.7. The van der Waals surface area contributed by atoms with Crippen molar-refractivity contribution in [2.45, 2.75) is 12.8 Å². The normalized spacial score (nSPS) is 10.4. The first-order valence-electron chi connectivity index (χ1n) is 4.95. The van der Waals surface area contributed by atoms with Crippen LogP contribution in [-0.2, 0) is 11.2 Å². The van der Waals surface area contributed by atoms with E-state index in [1.54, 1.807) is 12.1 Å². The van der Waals surface area contributed by atoms with Crippen LogP contribution in [0.1, 0.15) is 11.4 Å². The monoisotopic (exact) mass is 252 g/mol. The average molecular weight is 252 g/mol. The van der Waals surface area contributed by atoms with Gasteiger partial charge >= 0.3 is 5.97 Å². The van der Waals surface area contributed by atoms with Crippen LogP contribution in [0.15, 0.2) is 24.3 Å². The van der Waals surface area contributed by atoms with Gasteiger partial charge in [0.25, 0.3) is 0 Å². The molecular weight excluding hydrogens is 243 g/mol. The van der Waals surface area contributed by atoms with Crippen molar-refractivity contribution in [2.75, 3.05) is 0 Å². The van der Waals surface area contributed by atoms with Crippen molar-refractivity contribution in [1.29, 1.82) is 0 Å². The zero-order valence-corrected chi connectivity index (χ0v) is 9.58. The van der Waals surface area contributed by atoms with Crippen LogP contribution in [0.5, 0.6) is 0 Å². The summed E-state index contributed by atoms with van der Waals surface area (Å²) in [6, 6.07) is 5.95. The second-order valence-electron chi connectivity index (χ2n) is 3.40. The lowest BCUT2D eigenvalue weighted by Gasteiger charge is -1.93. The molecule has 0 fully saturated rings. The minimum absolute atomic E-state index is 0.0397. The molecule has 1 aromatic carbocycles. The summed E-state index contributed by atoms with van der Waals surface area (Å²) in [5, 5.41) is 17.7. The molecule has 2 aromatic rings. The molecule has 0 radical (unpaired) electrons. The van der Waals surface area contributed by atoms with Gasteiger partial charge in [-0.3, -0.25) is 4.79 Å². The van der Waals surface area contributed by atoms with E-state index in [2.05, 4.69) is 10.2 Å². The number of hydrogen-bond acceptors (Lipinski definition) is 4. The van der Waals surface area contributed by atoms with E-state index >= 15 is 0 Å². The summed E-state index contributed by atoms with van der Waals surface area (Å²) in [6.45, 7) is 0. The fourth-order valence-electron chi connectivity index (χ4n) is 1.28. The van der Waals surface area contributed by atoms with Gasteiger partial charge in [0.2, 0.25) is 0 Å². The van der Waals surface area contributed by atoms with Crippen LogP contribution in [0, 0.1) is 5.82 Å². The van der Waals surface area contributed by atoms with Crippen molar-refractivity contribution >= 4 is 17.3 Å². The van der Waals surface area contributed by atoms with E-state index in [4.69, 9.17) is 5.11 Å². The summed E-state index contributed by atoms with van der Waals surface area (Å²) >= 11 is 1.33. The first kappa shape index (κ1) is 11.7. The van der Waals surface area contributed by atoms with E-state index in [-0.39, 0.29) is 12.2 Å². The van der Waals surface area contributed by atoms with Gasteiger partial charge < -0.3 is 5.11 Å². The second-order valence-corrected chi connectivity index (χ2v) is 4.46. The van der Waals surface area contributed by atoms with Gasteiger partial charge in [0, 0.05) is 12.0 Å². The average Bonchev–Trinajstić information content (AvgIpc) is 2.76. The Morgan fingerprint density at radius 2 is 2.00 bits per heavy atom. The predicted molar refractivity (Wildman–Crippen MR) is 61.3 cm³/mol. The molecule has 17 heavy (non-hydrogen) atoms. The van der Waals surface area contributed by atoms with Crippen LogP contribution < -0.4 is 0 Å². The fraction of sp³-hybridized carbons (Fsp3) is 0.182. The van der Waals surface area contributed by atoms with Crippen LogP contribution in [-0.4, -0.2) is 21.3 Å². The van der Waals surface area contributed by atoms with Crippen molar-refractivity contribution < 1.29 is 14.3 Å². The van der Waals surface area contributed by atoms with Gasteiger partial charge in [-0.1, -0.05) is 11.3 Å². The molecule has 88 valence electrons. The number of carboxylic acids is 1. The smallest absolute Gasteiger partial charge is 0.303 e. The summed E-state index contributed by atoms with van der Waals surface area (Å²) in [7, 11) is 0. The standard InChI is InChI=1S/C11H9FN2O2S/c12-8-3-1-7(2-4-8)11-14-13-9(17-11)5-6-10(15)16/h1-4H,5-6H2,(H,15,16). The Balaban J connectivity index is 2.12. The summed E-state index contributed by atoms with van der Waals surface area (Å²) in [5.74, 6) is -1.16. The molecule has 0 atom stereocenters. The van der Waals surface area contributed by atoms with Crippen LogP contribution in [0.25, 0.3) is 10.6 Å². The summed E-state index contributed by atoms with van der Waals surface area (Å²) in [6.07, 6.45) is 0.409. The Morgan fingerprint density at radius 1 is 1.29 bits per heavy atom. The Hall–Kier alpha value is -1.82. The molecule has 0 spiro atoms. The molecule has 0 amide bonds. The van der Waals surface area contributed by atoms with E-state index in [0.29, 0.717) is 16.4 Å². The lowest BCUT2D eigenvalue weighted by Crippen LogP contribution is -1.96. The van der Waals surface area contributed by atoms with Crippen molar-refractivity contribution in [2.24, 2.45) is 0 Å². The van der Waals surface area contributed by atoms with Gasteiger partial charge in [0.1, 0.15) is 15.8 Å². The molecular formula is C11H9FN2O2S. The lowest BCUT2D eigenvalue weighted by atomic mass is 10.2. The number of carbonyl (C=O) groups is 1. The van der Waals surface area contributed by atoms with Crippen molar-refractivity contribution in [3.63, 3.8) is 0 Å². The van der Waals surface area contributed by atoms with E-state index in [0.717, 1.165) is 5.56 Å². The molecule has 6 heteroatoms. The molecule has 2 rings (SSSR count). The number of halogens is 1. The number of nitrogens with zero attached hydrogens (tertiary/aromatic N) is 2. The molecule has 0 bridgehead atoms. The number of aliphatic carboxylic acids is 1. The topological polar surface area (TPSA) is 63.1 Å². The first-order chi connectivity index (χ1) is 8.15. The van der Waals surface area contributed by atoms with Gasteiger partial charge in [-0.2, -0.15) is 0 Å². The molecule has 0 aliphatic rings. The van der Waals surface area contributed by atoms with Crippen LogP contribution in [0.3, 0.4) is 0 Å². The Labute approximate surface area is 101 Å². The number of carboxylic acid groups (broad SMARTS) is 1. The number of hydrogen-bond donors (Lipinski definition) is 1. The summed E-state index contributed by atoms with van der Waals surface area (Å²) in [4.78, 5) is 10.4. The third-order valence-corrected chi connectivity index (χ3v) is 3.14. The van der Waals surface area contributed by atoms with E-state index in [1.165, 1.54) is 23.5 Å². The first-order valence-corrected chi connectivity index (χ1v) is 5.77. The largest absolute Gasteiger partial charge is 0.481 e. The van der Waals surface area contributed by atoms with Gasteiger partial charge in [-0.25, -0.2) is 4.39 Å². The third kappa shape index (κ3) is 3.07. The molecule has 0 aliphatic carbocycles. The van der Waals surface area contributed by atoms with Crippen molar-refractivity contribution in [3.8, 4) is 10.6 Å². The predicted octanol–water partition coefficient (Wildman–Crippen LogP) is 2.36. The van der Waals surface area contributed by atoms with E-state index in [9.17, 15) is 9.18 Å². The SMILES string of the molecule is O=C(O)CCc1nnc(-c2ccc(F)cc2)s1. The highest BCUT2D eigenvalue weighted by molar-refractivity contribution is 7.14. The maximum absolute atomic E-state index is 12.7. The van der Waals surface area contributed by atoms with Crippen molar-refractivity contribution in [1.82, 2.24) is 10.2 Å². The number of aryl methyl sites for hydroxylation is 1. The summed E-state index contributed by atoms with van der Waals surface area (Å²) in [5.41, 5.74) is 0.783. The van der Waals surface area contributed by atoms with Gasteiger partial charge in [0.15, 0.2) is 0 Å². The minimum Gasteiger partial charge on any atom is -0.481 e. The number of rotatable bonds is 4. The zero-order chi connectivity index (χ0) is 12.3. The lowest BCUT2D eigenvalue weighted by molar-refractivity contribution is -0.136. The number of benzene rings is 1. The van der Waals surface area contributed by atoms with E-state index < -0.39 is 5.97 Å². The molecule has 1 heterocycles. The third-order valence-electron chi connectivity index (χ3n) is 2.11. The highest BCUT2D eigenvalue weighted by Crippen LogP contribution is 2.24. The van der Waals surface area contributed by atoms with Crippen LogP contribution in [0.2, 0.25) is 0 Å². The van der Waals surface area contributed by atoms with E-state index in [1.807, 2.05) is 0 Å². The highest BCUT2D eigenvalue weighted by atomic mass is 32.1. The van der Waals surface area contributed by atoms with Gasteiger partial charge in [-0.05, 0) is 24.3 Å². The van der Waals surface area contributed by atoms with Gasteiger partial charge in [-0.15, -0.1) is 10.2 Å². The quantitative estimate of drug-likeness (QED) is 0.907. The molecule has 0 saturated heterocycles. The molecule has 0 unspecified atom stereocenters. The molecule has 1 N–H and O–H groups in total. The molecule has 4 nitrogen and oxygen atoms in total. The van der Waals surface area contributed by atoms with Crippen molar-refractivity contribution in [3.05, 3.63) is 35.1 Å². The molecule has 0 saturated carbocycles. The number of aromatic nitrogens is 2. The molecule has 1 aromatic heterocycles. The highest BCUT2D eigenvalue weighted by Gasteiger charge is 2.08. The second kappa shape index (κ2) is 5.01. The Morgan fingerprint density at radius 3 is 2.65 bits per heavy atom. The fourth-order valence-corrected chi connectivity index (χ4v) is 2.12. The maximum Gasteiger partial charge on any atom is 0.303 e. The maximum atomic E-state index is 12.7. The minimum atomic E-state index is -0.858.